The summed E-state index contributed by atoms with van der Waals surface area (Å²) in [5, 5.41) is 3.27. The summed E-state index contributed by atoms with van der Waals surface area (Å²) in [7, 11) is 1.33. The fourth-order valence-corrected chi connectivity index (χ4v) is 5.46. The fraction of sp³-hybridized carbons (Fsp3) is 0.360. The van der Waals surface area contributed by atoms with Crippen molar-refractivity contribution in [1.82, 2.24) is 9.97 Å². The number of fused-ring (bicyclic) bond motifs is 1. The van der Waals surface area contributed by atoms with Crippen LogP contribution in [0.1, 0.15) is 57.8 Å². The second-order valence-electron chi connectivity index (χ2n) is 8.35. The van der Waals surface area contributed by atoms with Gasteiger partial charge in [-0.3, -0.25) is 4.79 Å². The van der Waals surface area contributed by atoms with Gasteiger partial charge in [-0.1, -0.05) is 26.0 Å². The fourth-order valence-electron chi connectivity index (χ4n) is 4.06. The van der Waals surface area contributed by atoms with Crippen molar-refractivity contribution in [3.8, 4) is 11.4 Å². The number of rotatable bonds is 7. The van der Waals surface area contributed by atoms with E-state index in [1.54, 1.807) is 43.6 Å². The normalized spacial score (nSPS) is 15.8. The first-order valence-corrected chi connectivity index (χ1v) is 12.1. The largest absolute Gasteiger partial charge is 0.465 e. The number of aromatic amines is 1. The molecule has 1 aromatic carbocycles. The number of nitrogens with zero attached hydrogens (tertiary/aromatic N) is 1. The number of hydrogen-bond donors (Lipinski definition) is 2. The first-order valence-electron chi connectivity index (χ1n) is 11.3. The summed E-state index contributed by atoms with van der Waals surface area (Å²) in [5.74, 6) is -0.326. The number of aromatic nitrogens is 2. The third kappa shape index (κ3) is 4.89. The topological polar surface area (TPSA) is 110 Å². The van der Waals surface area contributed by atoms with Crippen LogP contribution in [0.15, 0.2) is 36.7 Å². The number of anilines is 1. The number of ether oxygens (including phenoxy) is 2. The highest BCUT2D eigenvalue weighted by Gasteiger charge is 2.31. The lowest BCUT2D eigenvalue weighted by atomic mass is 9.88. The van der Waals surface area contributed by atoms with Crippen LogP contribution < -0.4 is 5.32 Å². The highest BCUT2D eigenvalue weighted by atomic mass is 32.1. The van der Waals surface area contributed by atoms with Crippen LogP contribution in [0.25, 0.3) is 11.4 Å². The minimum Gasteiger partial charge on any atom is -0.465 e. The molecular formula is C25H27N3O5S. The molecule has 178 valence electrons. The van der Waals surface area contributed by atoms with Gasteiger partial charge in [0.25, 0.3) is 5.91 Å². The smallest absolute Gasteiger partial charge is 0.341 e. The molecule has 9 heteroatoms. The van der Waals surface area contributed by atoms with E-state index in [9.17, 15) is 14.4 Å². The number of benzene rings is 1. The van der Waals surface area contributed by atoms with Gasteiger partial charge in [0.15, 0.2) is 6.10 Å². The lowest BCUT2D eigenvalue weighted by Gasteiger charge is -2.18. The van der Waals surface area contributed by atoms with Gasteiger partial charge in [0.05, 0.1) is 18.2 Å². The average Bonchev–Trinajstić information content (AvgIpc) is 3.49. The molecule has 8 nitrogen and oxygen atoms in total. The standard InChI is InChI=1S/C25H27N3O5S/c1-4-18(33-24(30)16-8-6-15(7-9-16)21-26-11-12-27-21)22(29)28-23-20(25(31)32-3)17-10-5-14(2)13-19(17)34-23/h6-9,11-12,14,18H,4-5,10,13H2,1-3H3,(H,26,27)(H,28,29). The Labute approximate surface area is 201 Å². The first-order chi connectivity index (χ1) is 16.4. The van der Waals surface area contributed by atoms with Crippen molar-refractivity contribution in [1.29, 1.82) is 0 Å². The highest BCUT2D eigenvalue weighted by molar-refractivity contribution is 7.17. The number of amides is 1. The second-order valence-corrected chi connectivity index (χ2v) is 9.46. The molecule has 0 aliphatic heterocycles. The summed E-state index contributed by atoms with van der Waals surface area (Å²) in [6.07, 6.45) is 5.28. The van der Waals surface area contributed by atoms with E-state index in [2.05, 4.69) is 22.2 Å². The molecule has 0 fully saturated rings. The van der Waals surface area contributed by atoms with E-state index < -0.39 is 23.9 Å². The molecule has 2 N–H and O–H groups in total. The van der Waals surface area contributed by atoms with E-state index in [4.69, 9.17) is 9.47 Å². The number of imidazole rings is 1. The van der Waals surface area contributed by atoms with Crippen molar-refractivity contribution in [2.75, 3.05) is 12.4 Å². The van der Waals surface area contributed by atoms with Gasteiger partial charge in [0, 0.05) is 22.8 Å². The summed E-state index contributed by atoms with van der Waals surface area (Å²) in [4.78, 5) is 46.5. The van der Waals surface area contributed by atoms with Gasteiger partial charge in [-0.25, -0.2) is 14.6 Å². The van der Waals surface area contributed by atoms with Crippen LogP contribution in [0.2, 0.25) is 0 Å². The van der Waals surface area contributed by atoms with Gasteiger partial charge in [-0.2, -0.15) is 0 Å². The quantitative estimate of drug-likeness (QED) is 0.476. The van der Waals surface area contributed by atoms with Crippen molar-refractivity contribution >= 4 is 34.2 Å². The molecule has 0 spiro atoms. The van der Waals surface area contributed by atoms with Gasteiger partial charge >= 0.3 is 11.9 Å². The van der Waals surface area contributed by atoms with E-state index in [1.165, 1.54) is 18.4 Å². The van der Waals surface area contributed by atoms with Gasteiger partial charge < -0.3 is 19.8 Å². The number of carbonyl (C=O) groups excluding carboxylic acids is 3. The number of carbonyl (C=O) groups is 3. The van der Waals surface area contributed by atoms with Gasteiger partial charge in [0.2, 0.25) is 0 Å². The number of nitrogens with one attached hydrogen (secondary N) is 2. The van der Waals surface area contributed by atoms with Crippen molar-refractivity contribution < 1.29 is 23.9 Å². The minimum atomic E-state index is -0.999. The monoisotopic (exact) mass is 481 g/mol. The zero-order valence-electron chi connectivity index (χ0n) is 19.3. The predicted molar refractivity (Wildman–Crippen MR) is 129 cm³/mol. The minimum absolute atomic E-state index is 0.289. The number of H-pyrrole nitrogens is 1. The van der Waals surface area contributed by atoms with Crippen LogP contribution in [0.5, 0.6) is 0 Å². The predicted octanol–water partition coefficient (Wildman–Crippen LogP) is 4.62. The molecule has 34 heavy (non-hydrogen) atoms. The Morgan fingerprint density at radius 3 is 2.65 bits per heavy atom. The Hall–Kier alpha value is -3.46. The van der Waals surface area contributed by atoms with E-state index in [0.29, 0.717) is 27.9 Å². The molecule has 0 saturated heterocycles. The molecule has 0 radical (unpaired) electrons. The van der Waals surface area contributed by atoms with Crippen LogP contribution in [-0.2, 0) is 27.1 Å². The molecule has 2 aromatic heterocycles. The van der Waals surface area contributed by atoms with Gasteiger partial charge in [-0.15, -0.1) is 11.3 Å². The van der Waals surface area contributed by atoms with Crippen molar-refractivity contribution in [2.24, 2.45) is 5.92 Å². The van der Waals surface area contributed by atoms with Crippen molar-refractivity contribution in [3.05, 3.63) is 58.2 Å². The van der Waals surface area contributed by atoms with E-state index in [1.807, 2.05) is 0 Å². The lowest BCUT2D eigenvalue weighted by molar-refractivity contribution is -0.124. The molecule has 2 heterocycles. The average molecular weight is 482 g/mol. The number of thiophene rings is 1. The van der Waals surface area contributed by atoms with Crippen LogP contribution in [0.3, 0.4) is 0 Å². The molecule has 3 aromatic rings. The number of hydrogen-bond acceptors (Lipinski definition) is 7. The molecule has 0 saturated carbocycles. The maximum Gasteiger partial charge on any atom is 0.341 e. The highest BCUT2D eigenvalue weighted by Crippen LogP contribution is 2.40. The summed E-state index contributed by atoms with van der Waals surface area (Å²) in [6.45, 7) is 3.94. The summed E-state index contributed by atoms with van der Waals surface area (Å²) < 4.78 is 10.5. The third-order valence-electron chi connectivity index (χ3n) is 5.94. The molecule has 2 atom stereocenters. The Morgan fingerprint density at radius 2 is 2.00 bits per heavy atom. The maximum absolute atomic E-state index is 13.0. The van der Waals surface area contributed by atoms with Crippen molar-refractivity contribution in [3.63, 3.8) is 0 Å². The SMILES string of the molecule is CCC(OC(=O)c1ccc(-c2ncc[nH]2)cc1)C(=O)Nc1sc2c(c1C(=O)OC)CCC(C)C2. The first kappa shape index (κ1) is 23.7. The number of methoxy groups -OCH3 is 1. The van der Waals surface area contributed by atoms with Gasteiger partial charge in [0.1, 0.15) is 10.8 Å². The molecule has 0 bridgehead atoms. The molecule has 1 aliphatic carbocycles. The molecule has 1 aliphatic rings. The van der Waals surface area contributed by atoms with Crippen LogP contribution in [0.4, 0.5) is 5.00 Å². The van der Waals surface area contributed by atoms with Gasteiger partial charge in [-0.05, 0) is 49.3 Å². The maximum atomic E-state index is 13.0. The number of esters is 2. The van der Waals surface area contributed by atoms with Crippen LogP contribution in [-0.4, -0.2) is 41.0 Å². The van der Waals surface area contributed by atoms with E-state index in [0.717, 1.165) is 35.3 Å². The molecule has 2 unspecified atom stereocenters. The van der Waals surface area contributed by atoms with E-state index >= 15 is 0 Å². The third-order valence-corrected chi connectivity index (χ3v) is 7.11. The summed E-state index contributed by atoms with van der Waals surface area (Å²) in [6, 6.07) is 6.79. The molecular weight excluding hydrogens is 454 g/mol. The summed E-state index contributed by atoms with van der Waals surface area (Å²) >= 11 is 1.40. The Kier molecular flexibility index (Phi) is 7.12. The van der Waals surface area contributed by atoms with Crippen LogP contribution in [0, 0.1) is 5.92 Å². The van der Waals surface area contributed by atoms with E-state index in [-0.39, 0.29) is 6.42 Å². The Balaban J connectivity index is 1.48. The summed E-state index contributed by atoms with van der Waals surface area (Å²) in [5.41, 5.74) is 2.53. The Bertz CT molecular complexity index is 1180. The molecule has 1 amide bonds. The molecule has 4 rings (SSSR count). The zero-order valence-corrected chi connectivity index (χ0v) is 20.2. The van der Waals surface area contributed by atoms with Crippen molar-refractivity contribution in [2.45, 2.75) is 45.6 Å². The van der Waals surface area contributed by atoms with Crippen LogP contribution >= 0.6 is 11.3 Å². The second kappa shape index (κ2) is 10.2. The lowest BCUT2D eigenvalue weighted by Crippen LogP contribution is -2.32. The Morgan fingerprint density at radius 1 is 1.24 bits per heavy atom. The zero-order chi connectivity index (χ0) is 24.2.